The van der Waals surface area contributed by atoms with Crippen molar-refractivity contribution in [3.05, 3.63) is 0 Å². The monoisotopic (exact) mass is 1520 g/mol. The average Bonchev–Trinajstić information content (AvgIpc) is 1.53. The molecule has 5 rings (SSSR count). The molecule has 0 bridgehead atoms. The Morgan fingerprint density at radius 1 is 0.288 bits per heavy atom. The van der Waals surface area contributed by atoms with Gasteiger partial charge in [0.05, 0.1) is 12.9 Å². The second-order valence-corrected chi connectivity index (χ2v) is 25.2. The molecule has 104 heavy (non-hydrogen) atoms. The van der Waals surface area contributed by atoms with Crippen molar-refractivity contribution in [3.63, 3.8) is 0 Å². The van der Waals surface area contributed by atoms with Gasteiger partial charge in [0.1, 0.15) is 94.1 Å². The molecule has 5 aliphatic heterocycles. The third-order valence-electron chi connectivity index (χ3n) is 14.6. The van der Waals surface area contributed by atoms with E-state index in [9.17, 15) is 80.3 Å². The lowest BCUT2D eigenvalue weighted by atomic mass is 9.95. The van der Waals surface area contributed by atoms with Crippen LogP contribution in [0.1, 0.15) is 104 Å². The van der Waals surface area contributed by atoms with E-state index >= 15 is 0 Å². The van der Waals surface area contributed by atoms with Gasteiger partial charge < -0.3 is 114 Å². The molecule has 42 nitrogen and oxygen atoms in total. The van der Waals surface area contributed by atoms with Gasteiger partial charge in [-0.3, -0.25) is 76.1 Å². The van der Waals surface area contributed by atoms with Crippen LogP contribution in [0.4, 0.5) is 0 Å². The molecular formula is C61H84O42S. The maximum Gasteiger partial charge on any atom is 0.303 e. The molecule has 586 valence electrons. The highest BCUT2D eigenvalue weighted by atomic mass is 32.2. The molecule has 5 fully saturated rings. The summed E-state index contributed by atoms with van der Waals surface area (Å²) in [6.07, 6.45) is -45.1. The zero-order valence-electron chi connectivity index (χ0n) is 59.2. The smallest absolute Gasteiger partial charge is 0.303 e. The van der Waals surface area contributed by atoms with Crippen LogP contribution in [0.3, 0.4) is 0 Å². The third kappa shape index (κ3) is 26.9. The van der Waals surface area contributed by atoms with Crippen molar-refractivity contribution >= 4 is 99.7 Å². The average molecular weight is 1520 g/mol. The molecular weight excluding hydrogens is 1440 g/mol. The summed E-state index contributed by atoms with van der Waals surface area (Å²) in [5.41, 5.74) is 0. The van der Waals surface area contributed by atoms with Gasteiger partial charge in [-0.05, 0) is 0 Å². The Hall–Kier alpha value is -8.40. The summed E-state index contributed by atoms with van der Waals surface area (Å²) >= 11 is 0. The Morgan fingerprint density at radius 2 is 0.587 bits per heavy atom. The number of hydrogen-bond donors (Lipinski definition) is 0. The van der Waals surface area contributed by atoms with Gasteiger partial charge in [0, 0.05) is 104 Å². The van der Waals surface area contributed by atoms with Crippen LogP contribution in [0.25, 0.3) is 0 Å². The van der Waals surface area contributed by atoms with Gasteiger partial charge in [-0.25, -0.2) is 0 Å². The summed E-state index contributed by atoms with van der Waals surface area (Å²) in [6.45, 7) is 8.42. The van der Waals surface area contributed by atoms with E-state index in [2.05, 4.69) is 0 Å². The first-order chi connectivity index (χ1) is 48.5. The maximum absolute atomic E-state index is 13.4. The molecule has 43 heteroatoms. The Morgan fingerprint density at radius 3 is 0.952 bits per heavy atom. The van der Waals surface area contributed by atoms with E-state index in [-0.39, 0.29) is 0 Å². The summed E-state index contributed by atoms with van der Waals surface area (Å²) in [7, 11) is -4.34. The van der Waals surface area contributed by atoms with Gasteiger partial charge in [-0.2, -0.15) is 8.42 Å². The summed E-state index contributed by atoms with van der Waals surface area (Å²) in [5.74, 6) is -15.9. The Bertz CT molecular complexity index is 3230. The first kappa shape index (κ1) is 86.2. The van der Waals surface area contributed by atoms with Crippen LogP contribution in [-0.2, 0) is 200 Å². The van der Waals surface area contributed by atoms with Crippen molar-refractivity contribution in [1.82, 2.24) is 0 Å². The van der Waals surface area contributed by atoms with E-state index in [0.717, 1.165) is 104 Å². The maximum atomic E-state index is 13.4. The Labute approximate surface area is 593 Å². The normalized spacial score (nSPS) is 30.3. The highest BCUT2D eigenvalue weighted by molar-refractivity contribution is 7.86. The fourth-order valence-electron chi connectivity index (χ4n) is 11.1. The second kappa shape index (κ2) is 39.1. The van der Waals surface area contributed by atoms with E-state index in [4.69, 9.17) is 118 Å². The van der Waals surface area contributed by atoms with Gasteiger partial charge in [0.15, 0.2) is 86.2 Å². The van der Waals surface area contributed by atoms with Crippen molar-refractivity contribution in [2.24, 2.45) is 0 Å². The minimum absolute atomic E-state index is 0.654. The number of carbonyl (C=O) groups is 15. The number of hydrogen-bond acceptors (Lipinski definition) is 42. The second-order valence-electron chi connectivity index (χ2n) is 23.5. The predicted molar refractivity (Wildman–Crippen MR) is 322 cm³/mol. The summed E-state index contributed by atoms with van der Waals surface area (Å²) in [4.78, 5) is 193. The molecule has 0 N–H and O–H groups in total. The summed E-state index contributed by atoms with van der Waals surface area (Å²) in [6, 6.07) is 0. The molecule has 0 radical (unpaired) electrons. The summed E-state index contributed by atoms with van der Waals surface area (Å²) < 4.78 is 170. The molecule has 0 aliphatic carbocycles. The van der Waals surface area contributed by atoms with Gasteiger partial charge in [-0.1, -0.05) is 0 Å². The SMILES string of the molecule is CC(=O)OC[C@H](OC(C)=O)[C@@H](OC(C)=O)[C@H](O[C@H]1O[C@H](COC(C)=O)[C@@H](O[C@H]2O[C@H](COC(C)=O)[C@@H](O[C@H]3O[C@H](COC(C)=O)[C@@H](O[C@H]4O[C@H](COS(C)(=O)=O)[C@@H](OC(C)=O)[C@H](OC(C)=O)[C@H]4OC(C)=O)[C@H](OC(C)=O)[C@H]3OC(C)=O)[C@@H]3O[C@H]23)[C@H](OC(C)=O)[C@H]1OC(C)=O)[C@@H](COC(C)=O)OC(C)=O. The number of rotatable bonds is 34. The molecule has 5 saturated heterocycles. The van der Waals surface area contributed by atoms with Gasteiger partial charge in [-0.15, -0.1) is 0 Å². The molecule has 5 aliphatic rings. The predicted octanol–water partition coefficient (Wildman–Crippen LogP) is -2.70. The van der Waals surface area contributed by atoms with Crippen molar-refractivity contribution in [2.75, 3.05) is 45.9 Å². The van der Waals surface area contributed by atoms with Crippen molar-refractivity contribution in [1.29, 1.82) is 0 Å². The van der Waals surface area contributed by atoms with E-state index in [1.807, 2.05) is 0 Å². The quantitative estimate of drug-likeness (QED) is 0.0274. The summed E-state index contributed by atoms with van der Waals surface area (Å²) in [5, 5.41) is 0. The molecule has 0 saturated carbocycles. The lowest BCUT2D eigenvalue weighted by molar-refractivity contribution is -0.372. The van der Waals surface area contributed by atoms with Gasteiger partial charge >= 0.3 is 89.5 Å². The van der Waals surface area contributed by atoms with Gasteiger partial charge in [0.25, 0.3) is 10.1 Å². The van der Waals surface area contributed by atoms with Gasteiger partial charge in [0.2, 0.25) is 0 Å². The molecule has 0 aromatic carbocycles. The largest absolute Gasteiger partial charge is 0.463 e. The molecule has 0 unspecified atom stereocenters. The Kier molecular flexibility index (Phi) is 32.4. The highest BCUT2D eigenvalue weighted by Gasteiger charge is 2.65. The van der Waals surface area contributed by atoms with Crippen LogP contribution < -0.4 is 0 Å². The number of epoxide rings is 1. The first-order valence-electron chi connectivity index (χ1n) is 31.6. The zero-order chi connectivity index (χ0) is 77.9. The van der Waals surface area contributed by atoms with Crippen LogP contribution in [0, 0.1) is 0 Å². The minimum atomic E-state index is -4.34. The molecule has 24 atom stereocenters. The minimum Gasteiger partial charge on any atom is -0.463 e. The number of fused-ring (bicyclic) bond motifs is 1. The molecule has 0 amide bonds. The van der Waals surface area contributed by atoms with E-state index in [0.29, 0.717) is 6.26 Å². The molecule has 0 aromatic rings. The third-order valence-corrected chi connectivity index (χ3v) is 15.1. The molecule has 0 spiro atoms. The van der Waals surface area contributed by atoms with E-state index in [1.54, 1.807) is 0 Å². The number of ether oxygens (including phenoxy) is 24. The fourth-order valence-corrected chi connectivity index (χ4v) is 11.5. The van der Waals surface area contributed by atoms with Crippen LogP contribution in [0.5, 0.6) is 0 Å². The van der Waals surface area contributed by atoms with E-state index in [1.165, 1.54) is 0 Å². The topological polar surface area (TPSA) is 524 Å². The standard InChI is InChI=1S/C61H84O42S/c1-23(62)79-17-38(85-28(6)67)44(87-30(8)69)45(39(86-29(7)68)18-80-24(2)63)100-58-55(93-36(14)75)52(91-34(12)73)48(41(95-58)20-82-26(4)65)102-61-57-53(99-57)49(42(97-61)21-83-27(5)66)103-59-56(94-37(15)76)51(90-33(11)72)47(40(96-59)19-81-25(3)64)101-60-54(92-35(13)74)50(89-32(10)71)46(88-31(9)70)43(98-60)22-84-104(16,77)78/h38-61H,17-22H2,1-16H3/t38-,39+,40+,41+,42+,43+,44+,45+,46+,47+,48+,49+,50-,51-,52-,53-,54+,55+,56+,57-,58+,59+,60+,61+/m0/s1. The van der Waals surface area contributed by atoms with Crippen molar-refractivity contribution < 1.29 is 198 Å². The van der Waals surface area contributed by atoms with Crippen LogP contribution >= 0.6 is 0 Å². The molecule has 5 heterocycles. The Balaban J connectivity index is 1.64. The van der Waals surface area contributed by atoms with Crippen LogP contribution in [0.2, 0.25) is 0 Å². The number of carbonyl (C=O) groups excluding carboxylic acids is 15. The lowest BCUT2D eigenvalue weighted by Gasteiger charge is -2.49. The lowest BCUT2D eigenvalue weighted by Crippen LogP contribution is -2.68. The van der Waals surface area contributed by atoms with Crippen LogP contribution in [0.15, 0.2) is 0 Å². The highest BCUT2D eigenvalue weighted by Crippen LogP contribution is 2.45. The molecule has 0 aromatic heterocycles. The number of esters is 15. The first-order valence-corrected chi connectivity index (χ1v) is 33.5. The van der Waals surface area contributed by atoms with Crippen molar-refractivity contribution in [3.8, 4) is 0 Å². The van der Waals surface area contributed by atoms with Crippen molar-refractivity contribution in [2.45, 2.75) is 251 Å². The fraction of sp³-hybridized carbons (Fsp3) is 0.754. The zero-order valence-corrected chi connectivity index (χ0v) is 60.0. The van der Waals surface area contributed by atoms with Crippen LogP contribution in [-0.4, -0.2) is 291 Å². The van der Waals surface area contributed by atoms with E-state index < -0.39 is 287 Å².